The van der Waals surface area contributed by atoms with Gasteiger partial charge in [0.05, 0.1) is 5.57 Å². The van der Waals surface area contributed by atoms with Crippen LogP contribution in [0.2, 0.25) is 0 Å². The van der Waals surface area contributed by atoms with Crippen molar-refractivity contribution in [3.8, 4) is 0 Å². The molecule has 0 aliphatic rings. The molecule has 0 unspecified atom stereocenters. The molecule has 0 atom stereocenters. The summed E-state index contributed by atoms with van der Waals surface area (Å²) in [6.45, 7) is 0.311. The second kappa shape index (κ2) is 4.04. The summed E-state index contributed by atoms with van der Waals surface area (Å²) >= 11 is 1.55. The summed E-state index contributed by atoms with van der Waals surface area (Å²) in [5.74, 6) is -0.892. The van der Waals surface area contributed by atoms with Gasteiger partial charge in [0.25, 0.3) is 0 Å². The monoisotopic (exact) mass is 184 g/mol. The van der Waals surface area contributed by atoms with E-state index in [4.69, 9.17) is 5.11 Å². The Morgan fingerprint density at radius 3 is 2.92 bits per heavy atom. The minimum absolute atomic E-state index is 0.311. The van der Waals surface area contributed by atoms with E-state index < -0.39 is 5.97 Å². The minimum Gasteiger partial charge on any atom is -0.478 e. The first-order valence-electron chi connectivity index (χ1n) is 3.49. The Hall–Kier alpha value is -1.13. The number of hydrogen-bond donors (Lipinski definition) is 2. The van der Waals surface area contributed by atoms with Crippen LogP contribution in [0, 0.1) is 0 Å². The second-order valence-electron chi connectivity index (χ2n) is 2.28. The third-order valence-electron chi connectivity index (χ3n) is 1.43. The molecule has 0 aromatic carbocycles. The molecule has 12 heavy (non-hydrogen) atoms. The largest absolute Gasteiger partial charge is 0.478 e. The number of carbonyl (C=O) groups is 1. The van der Waals surface area contributed by atoms with Gasteiger partial charge in [-0.3, -0.25) is 0 Å². The third-order valence-corrected chi connectivity index (χ3v) is 2.13. The van der Waals surface area contributed by atoms with Gasteiger partial charge in [-0.15, -0.1) is 0 Å². The highest BCUT2D eigenvalue weighted by molar-refractivity contribution is 7.08. The van der Waals surface area contributed by atoms with Crippen LogP contribution in [0.4, 0.5) is 0 Å². The molecule has 1 aromatic rings. The van der Waals surface area contributed by atoms with Gasteiger partial charge in [0.2, 0.25) is 0 Å². The van der Waals surface area contributed by atoms with Crippen molar-refractivity contribution >= 4 is 23.4 Å². The highest BCUT2D eigenvalue weighted by Gasteiger charge is 2.06. The molecule has 0 radical (unpaired) electrons. The maximum Gasteiger partial charge on any atom is 0.337 e. The molecule has 0 bridgehead atoms. The van der Waals surface area contributed by atoms with E-state index in [2.05, 4.69) is 5.73 Å². The number of quaternary nitrogens is 1. The van der Waals surface area contributed by atoms with Gasteiger partial charge < -0.3 is 10.8 Å². The van der Waals surface area contributed by atoms with E-state index in [1.54, 1.807) is 17.4 Å². The lowest BCUT2D eigenvalue weighted by Gasteiger charge is -1.92. The van der Waals surface area contributed by atoms with Gasteiger partial charge in [0.1, 0.15) is 6.54 Å². The fraction of sp³-hybridized carbons (Fsp3) is 0.125. The Balaban J connectivity index is 2.85. The molecule has 0 saturated carbocycles. The van der Waals surface area contributed by atoms with Crippen molar-refractivity contribution in [2.24, 2.45) is 0 Å². The van der Waals surface area contributed by atoms with Crippen LogP contribution in [-0.2, 0) is 4.79 Å². The van der Waals surface area contributed by atoms with Crippen molar-refractivity contribution in [1.29, 1.82) is 0 Å². The molecule has 0 spiro atoms. The molecule has 0 fully saturated rings. The zero-order valence-corrected chi connectivity index (χ0v) is 7.30. The normalized spacial score (nSPS) is 11.6. The average Bonchev–Trinajstić information content (AvgIpc) is 2.51. The molecular weight excluding hydrogens is 174 g/mol. The van der Waals surface area contributed by atoms with Gasteiger partial charge in [-0.05, 0) is 28.5 Å². The lowest BCUT2D eigenvalue weighted by atomic mass is 10.2. The van der Waals surface area contributed by atoms with E-state index in [1.807, 2.05) is 16.8 Å². The van der Waals surface area contributed by atoms with Crippen molar-refractivity contribution in [3.63, 3.8) is 0 Å². The van der Waals surface area contributed by atoms with Crippen molar-refractivity contribution in [2.75, 3.05) is 6.54 Å². The predicted molar refractivity (Wildman–Crippen MR) is 47.7 cm³/mol. The number of carboxylic acids is 1. The second-order valence-corrected chi connectivity index (χ2v) is 3.06. The van der Waals surface area contributed by atoms with Gasteiger partial charge in [-0.25, -0.2) is 4.79 Å². The van der Waals surface area contributed by atoms with E-state index in [9.17, 15) is 4.79 Å². The SMILES string of the molecule is [NH3+]C/C(=C\c1ccsc1)C(=O)O. The Bertz CT molecular complexity index is 290. The number of thiophene rings is 1. The predicted octanol–water partition coefficient (Wildman–Crippen LogP) is 0.458. The molecule has 0 amide bonds. The van der Waals surface area contributed by atoms with Crippen LogP contribution in [0.5, 0.6) is 0 Å². The number of carboxylic acid groups (broad SMARTS) is 1. The van der Waals surface area contributed by atoms with Crippen LogP contribution >= 0.6 is 11.3 Å². The maximum atomic E-state index is 10.6. The Morgan fingerprint density at radius 2 is 2.50 bits per heavy atom. The van der Waals surface area contributed by atoms with Gasteiger partial charge in [-0.2, -0.15) is 11.3 Å². The molecule has 3 nitrogen and oxygen atoms in total. The van der Waals surface area contributed by atoms with E-state index in [0.29, 0.717) is 12.1 Å². The van der Waals surface area contributed by atoms with Crippen molar-refractivity contribution in [3.05, 3.63) is 28.0 Å². The van der Waals surface area contributed by atoms with Crippen LogP contribution in [0.25, 0.3) is 6.08 Å². The maximum absolute atomic E-state index is 10.6. The highest BCUT2D eigenvalue weighted by Crippen LogP contribution is 2.10. The zero-order valence-electron chi connectivity index (χ0n) is 6.49. The lowest BCUT2D eigenvalue weighted by Crippen LogP contribution is -2.52. The fourth-order valence-electron chi connectivity index (χ4n) is 0.799. The number of hydrogen-bond acceptors (Lipinski definition) is 2. The molecule has 4 N–H and O–H groups in total. The van der Waals surface area contributed by atoms with E-state index >= 15 is 0 Å². The summed E-state index contributed by atoms with van der Waals surface area (Å²) in [6.07, 6.45) is 1.64. The molecule has 0 aliphatic carbocycles. The molecule has 0 saturated heterocycles. The van der Waals surface area contributed by atoms with Crippen molar-refractivity contribution in [2.45, 2.75) is 0 Å². The third kappa shape index (κ3) is 2.18. The summed E-state index contributed by atoms with van der Waals surface area (Å²) in [5.41, 5.74) is 4.81. The quantitative estimate of drug-likeness (QED) is 0.670. The number of aliphatic carboxylic acids is 1. The topological polar surface area (TPSA) is 64.9 Å². The van der Waals surface area contributed by atoms with Crippen LogP contribution in [0.3, 0.4) is 0 Å². The summed E-state index contributed by atoms with van der Waals surface area (Å²) < 4.78 is 0. The smallest absolute Gasteiger partial charge is 0.337 e. The van der Waals surface area contributed by atoms with Gasteiger partial charge in [-0.1, -0.05) is 0 Å². The Morgan fingerprint density at radius 1 is 1.75 bits per heavy atom. The first-order chi connectivity index (χ1) is 5.74. The van der Waals surface area contributed by atoms with Crippen LogP contribution in [-0.4, -0.2) is 17.6 Å². The van der Waals surface area contributed by atoms with E-state index in [1.165, 1.54) is 0 Å². The molecule has 1 heterocycles. The zero-order chi connectivity index (χ0) is 8.97. The summed E-state index contributed by atoms with van der Waals surface area (Å²) in [6, 6.07) is 1.88. The summed E-state index contributed by atoms with van der Waals surface area (Å²) in [5, 5.41) is 12.5. The molecule has 1 aromatic heterocycles. The first kappa shape index (κ1) is 8.96. The average molecular weight is 184 g/mol. The van der Waals surface area contributed by atoms with E-state index in [-0.39, 0.29) is 0 Å². The molecule has 64 valence electrons. The van der Waals surface area contributed by atoms with Crippen LogP contribution < -0.4 is 5.73 Å². The molecular formula is C8H10NO2S+. The van der Waals surface area contributed by atoms with Gasteiger partial charge in [0, 0.05) is 0 Å². The minimum atomic E-state index is -0.892. The van der Waals surface area contributed by atoms with Crippen LogP contribution in [0.15, 0.2) is 22.4 Å². The Labute approximate surface area is 74.1 Å². The Kier molecular flexibility index (Phi) is 3.01. The molecule has 0 aliphatic heterocycles. The standard InChI is InChI=1S/C8H9NO2S/c9-4-7(8(10)11)3-6-1-2-12-5-6/h1-3,5H,4,9H2,(H,10,11)/p+1/b7-3+. The fourth-order valence-corrected chi connectivity index (χ4v) is 1.42. The lowest BCUT2D eigenvalue weighted by molar-refractivity contribution is -0.355. The van der Waals surface area contributed by atoms with Crippen molar-refractivity contribution in [1.82, 2.24) is 0 Å². The van der Waals surface area contributed by atoms with E-state index in [0.717, 1.165) is 5.56 Å². The van der Waals surface area contributed by atoms with Gasteiger partial charge >= 0.3 is 5.97 Å². The highest BCUT2D eigenvalue weighted by atomic mass is 32.1. The van der Waals surface area contributed by atoms with Gasteiger partial charge in [0.15, 0.2) is 0 Å². The van der Waals surface area contributed by atoms with Crippen molar-refractivity contribution < 1.29 is 15.6 Å². The van der Waals surface area contributed by atoms with Crippen LogP contribution in [0.1, 0.15) is 5.56 Å². The molecule has 1 rings (SSSR count). The molecule has 4 heteroatoms. The first-order valence-corrected chi connectivity index (χ1v) is 4.43. The number of rotatable bonds is 3. The summed E-state index contributed by atoms with van der Waals surface area (Å²) in [7, 11) is 0. The summed E-state index contributed by atoms with van der Waals surface area (Å²) in [4.78, 5) is 10.6.